The lowest BCUT2D eigenvalue weighted by molar-refractivity contribution is -0.120. The first kappa shape index (κ1) is 16.5. The van der Waals surface area contributed by atoms with Crippen LogP contribution in [0.15, 0.2) is 5.38 Å². The number of carbonyl (C=O) groups excluding carboxylic acids is 1. The van der Waals surface area contributed by atoms with Crippen molar-refractivity contribution in [3.8, 4) is 0 Å². The van der Waals surface area contributed by atoms with E-state index in [4.69, 9.17) is 23.2 Å². The van der Waals surface area contributed by atoms with Gasteiger partial charge in [0.05, 0.1) is 11.1 Å². The van der Waals surface area contributed by atoms with Crippen molar-refractivity contribution in [2.45, 2.75) is 44.0 Å². The Morgan fingerprint density at radius 1 is 1.59 bits per heavy atom. The Bertz CT molecular complexity index is 577. The number of likely N-dealkylation sites (tertiary alicyclic amines) is 1. The monoisotopic (exact) mass is 361 g/mol. The molecule has 1 saturated heterocycles. The smallest absolute Gasteiger partial charge is 0.235 e. The van der Waals surface area contributed by atoms with E-state index in [-0.39, 0.29) is 5.91 Å². The Morgan fingerprint density at radius 2 is 2.32 bits per heavy atom. The second kappa shape index (κ2) is 5.93. The fraction of sp³-hybridized carbons (Fsp3) is 0.733. The average Bonchev–Trinajstić information content (AvgIpc) is 2.77. The summed E-state index contributed by atoms with van der Waals surface area (Å²) in [6.45, 7) is 7.18. The van der Waals surface area contributed by atoms with Crippen LogP contribution in [-0.4, -0.2) is 33.2 Å². The van der Waals surface area contributed by atoms with Crippen molar-refractivity contribution in [2.24, 2.45) is 11.3 Å². The topological polar surface area (TPSA) is 45.2 Å². The van der Waals surface area contributed by atoms with Gasteiger partial charge in [0.15, 0.2) is 5.13 Å². The molecule has 7 heteroatoms. The van der Waals surface area contributed by atoms with E-state index in [0.717, 1.165) is 31.2 Å². The van der Waals surface area contributed by atoms with Gasteiger partial charge >= 0.3 is 0 Å². The molecule has 3 rings (SSSR count). The zero-order chi connectivity index (χ0) is 16.0. The van der Waals surface area contributed by atoms with Crippen molar-refractivity contribution in [3.05, 3.63) is 11.1 Å². The fourth-order valence-corrected chi connectivity index (χ4v) is 4.38. The second-order valence-corrected chi connectivity index (χ2v) is 9.14. The Kier molecular flexibility index (Phi) is 4.45. The molecular formula is C15H21Cl2N3OS. The van der Waals surface area contributed by atoms with E-state index in [9.17, 15) is 4.79 Å². The van der Waals surface area contributed by atoms with Gasteiger partial charge in [0.1, 0.15) is 4.33 Å². The summed E-state index contributed by atoms with van der Waals surface area (Å²) in [5.41, 5.74) is 0.308. The Labute approximate surface area is 145 Å². The van der Waals surface area contributed by atoms with Gasteiger partial charge in [-0.05, 0) is 38.6 Å². The summed E-state index contributed by atoms with van der Waals surface area (Å²) < 4.78 is -0.943. The molecule has 2 atom stereocenters. The van der Waals surface area contributed by atoms with Crippen LogP contribution in [0.5, 0.6) is 0 Å². The Balaban J connectivity index is 1.56. The lowest BCUT2D eigenvalue weighted by Gasteiger charge is -2.30. The SMILES string of the molecule is C[C@@H]1CCCN(Cc2csc(NC(=O)[C@@]3(C)CC3(Cl)Cl)n2)C1. The third kappa shape index (κ3) is 3.28. The molecule has 0 aromatic carbocycles. The molecule has 1 saturated carbocycles. The minimum Gasteiger partial charge on any atom is -0.301 e. The van der Waals surface area contributed by atoms with Gasteiger partial charge in [0.2, 0.25) is 5.91 Å². The second-order valence-electron chi connectivity index (χ2n) is 6.79. The molecule has 0 radical (unpaired) electrons. The lowest BCUT2D eigenvalue weighted by Crippen LogP contribution is -2.33. The van der Waals surface area contributed by atoms with Gasteiger partial charge < -0.3 is 5.32 Å². The minimum absolute atomic E-state index is 0.148. The van der Waals surface area contributed by atoms with Crippen LogP contribution < -0.4 is 5.32 Å². The quantitative estimate of drug-likeness (QED) is 0.827. The Morgan fingerprint density at radius 3 is 2.95 bits per heavy atom. The minimum atomic E-state index is -0.943. The summed E-state index contributed by atoms with van der Waals surface area (Å²) in [5, 5.41) is 5.49. The highest BCUT2D eigenvalue weighted by Gasteiger charge is 2.68. The molecule has 2 heterocycles. The van der Waals surface area contributed by atoms with E-state index in [1.807, 2.05) is 5.38 Å². The molecule has 4 nitrogen and oxygen atoms in total. The molecule has 1 aliphatic carbocycles. The first-order chi connectivity index (χ1) is 10.3. The van der Waals surface area contributed by atoms with Crippen molar-refractivity contribution in [2.75, 3.05) is 18.4 Å². The molecule has 122 valence electrons. The highest BCUT2D eigenvalue weighted by molar-refractivity contribution is 7.13. The van der Waals surface area contributed by atoms with E-state index >= 15 is 0 Å². The maximum absolute atomic E-state index is 12.2. The average molecular weight is 362 g/mol. The number of anilines is 1. The largest absolute Gasteiger partial charge is 0.301 e. The van der Waals surface area contributed by atoms with Gasteiger partial charge in [0.25, 0.3) is 0 Å². The van der Waals surface area contributed by atoms with Crippen LogP contribution in [0.1, 0.15) is 38.8 Å². The molecule has 1 aromatic heterocycles. The molecule has 1 aromatic rings. The van der Waals surface area contributed by atoms with Crippen molar-refractivity contribution < 1.29 is 4.79 Å². The van der Waals surface area contributed by atoms with Crippen LogP contribution in [0.2, 0.25) is 0 Å². The van der Waals surface area contributed by atoms with Crippen molar-refractivity contribution in [1.82, 2.24) is 9.88 Å². The van der Waals surface area contributed by atoms with E-state index in [1.54, 1.807) is 6.92 Å². The number of alkyl halides is 2. The molecule has 0 unspecified atom stereocenters. The van der Waals surface area contributed by atoms with Gasteiger partial charge in [-0.3, -0.25) is 9.69 Å². The van der Waals surface area contributed by atoms with Gasteiger partial charge in [-0.25, -0.2) is 4.98 Å². The first-order valence-corrected chi connectivity index (χ1v) is 9.30. The number of amides is 1. The van der Waals surface area contributed by atoms with E-state index in [1.165, 1.54) is 24.2 Å². The molecule has 1 N–H and O–H groups in total. The predicted octanol–water partition coefficient (Wildman–Crippen LogP) is 3.90. The molecule has 2 aliphatic rings. The van der Waals surface area contributed by atoms with Crippen LogP contribution in [-0.2, 0) is 11.3 Å². The number of halogens is 2. The Hall–Kier alpha value is -0.360. The summed E-state index contributed by atoms with van der Waals surface area (Å²) in [6, 6.07) is 0. The van der Waals surface area contributed by atoms with E-state index in [0.29, 0.717) is 11.6 Å². The van der Waals surface area contributed by atoms with Crippen LogP contribution in [0.4, 0.5) is 5.13 Å². The number of aromatic nitrogens is 1. The van der Waals surface area contributed by atoms with Gasteiger partial charge in [-0.1, -0.05) is 6.92 Å². The molecule has 22 heavy (non-hydrogen) atoms. The predicted molar refractivity (Wildman–Crippen MR) is 91.6 cm³/mol. The summed E-state index contributed by atoms with van der Waals surface area (Å²) in [4.78, 5) is 19.2. The molecule has 0 spiro atoms. The third-order valence-electron chi connectivity index (χ3n) is 4.66. The summed E-state index contributed by atoms with van der Waals surface area (Å²) >= 11 is 13.5. The summed E-state index contributed by atoms with van der Waals surface area (Å²) in [6.07, 6.45) is 3.05. The number of nitrogens with one attached hydrogen (secondary N) is 1. The van der Waals surface area contributed by atoms with Crippen LogP contribution in [0, 0.1) is 11.3 Å². The summed E-state index contributed by atoms with van der Waals surface area (Å²) in [5.74, 6) is 0.604. The van der Waals surface area contributed by atoms with Gasteiger partial charge in [-0.15, -0.1) is 34.5 Å². The maximum atomic E-state index is 12.2. The number of carbonyl (C=O) groups is 1. The lowest BCUT2D eigenvalue weighted by atomic mass is 10.0. The fourth-order valence-electron chi connectivity index (χ4n) is 2.98. The first-order valence-electron chi connectivity index (χ1n) is 7.66. The van der Waals surface area contributed by atoms with Crippen molar-refractivity contribution in [3.63, 3.8) is 0 Å². The standard InChI is InChI=1S/C15H21Cl2N3OS/c1-10-4-3-5-20(6-10)7-11-8-22-13(18-11)19-12(21)14(2)9-15(14,16)17/h8,10H,3-7,9H2,1-2H3,(H,18,19,21)/t10-,14-/m1/s1. The number of hydrogen-bond donors (Lipinski definition) is 1. The number of hydrogen-bond acceptors (Lipinski definition) is 4. The van der Waals surface area contributed by atoms with E-state index < -0.39 is 9.75 Å². The number of rotatable bonds is 4. The van der Waals surface area contributed by atoms with Crippen LogP contribution >= 0.6 is 34.5 Å². The van der Waals surface area contributed by atoms with E-state index in [2.05, 4.69) is 22.1 Å². The molecule has 0 bridgehead atoms. The highest BCUT2D eigenvalue weighted by atomic mass is 35.5. The number of piperidine rings is 1. The van der Waals surface area contributed by atoms with Crippen LogP contribution in [0.25, 0.3) is 0 Å². The van der Waals surface area contributed by atoms with Crippen LogP contribution in [0.3, 0.4) is 0 Å². The highest BCUT2D eigenvalue weighted by Crippen LogP contribution is 2.64. The summed E-state index contributed by atoms with van der Waals surface area (Å²) in [7, 11) is 0. The normalized spacial score (nSPS) is 31.0. The molecule has 2 fully saturated rings. The van der Waals surface area contributed by atoms with Gasteiger partial charge in [-0.2, -0.15) is 0 Å². The maximum Gasteiger partial charge on any atom is 0.235 e. The van der Waals surface area contributed by atoms with Gasteiger partial charge in [0, 0.05) is 18.5 Å². The van der Waals surface area contributed by atoms with Crippen molar-refractivity contribution >= 4 is 45.6 Å². The molecular weight excluding hydrogens is 341 g/mol. The third-order valence-corrected chi connectivity index (χ3v) is 6.57. The zero-order valence-electron chi connectivity index (χ0n) is 12.9. The number of nitrogens with zero attached hydrogens (tertiary/aromatic N) is 2. The molecule has 1 amide bonds. The number of thiazole rings is 1. The molecule has 1 aliphatic heterocycles. The zero-order valence-corrected chi connectivity index (χ0v) is 15.2. The van der Waals surface area contributed by atoms with Crippen molar-refractivity contribution in [1.29, 1.82) is 0 Å².